The standard InChI is InChI=1S/C40H56BN3O7/c1-37(2,3)48-35(46)29-15-10-12-26(20-29)22-33(41-50-32-24-30-23-31(39(30,7)8)40(32,9)51-41)42-34(45)28-14-11-13-27(21-28)25-43-16-18-44(19-17-43)36(47)49-38(4,5)6/h10-15,20-21,30-33H,16-19,22-25H2,1-9H3,(H,42,45). The van der Waals surface area contributed by atoms with Crippen molar-refractivity contribution in [2.24, 2.45) is 17.3 Å². The van der Waals surface area contributed by atoms with Crippen LogP contribution >= 0.6 is 0 Å². The Balaban J connectivity index is 1.16. The lowest BCUT2D eigenvalue weighted by atomic mass is 9.43. The molecular formula is C40H56BN3O7. The molecule has 1 N–H and O–H groups in total. The highest BCUT2D eigenvalue weighted by atomic mass is 16.7. The van der Waals surface area contributed by atoms with Crippen molar-refractivity contribution in [2.75, 3.05) is 26.2 Å². The summed E-state index contributed by atoms with van der Waals surface area (Å²) in [6.45, 7) is 21.3. The molecule has 3 saturated carbocycles. The molecule has 0 aromatic heterocycles. The molecule has 2 amide bonds. The fraction of sp³-hybridized carbons (Fsp3) is 0.625. The maximum absolute atomic E-state index is 14.0. The molecule has 2 aromatic carbocycles. The number of carbonyl (C=O) groups is 3. The summed E-state index contributed by atoms with van der Waals surface area (Å²) < 4.78 is 24.7. The van der Waals surface area contributed by atoms with Crippen molar-refractivity contribution >= 4 is 25.1 Å². The SMILES string of the molecule is CC(C)(C)OC(=O)c1cccc(CC(NC(=O)c2cccc(CN3CCN(C(=O)OC(C)(C)C)CC3)c2)B2OC3CC4CC(C4(C)C)C3(C)O2)c1. The molecule has 2 heterocycles. The average Bonchev–Trinajstić information content (AvgIpc) is 3.41. The summed E-state index contributed by atoms with van der Waals surface area (Å²) in [6.07, 6.45) is 2.17. The first kappa shape index (κ1) is 37.4. The quantitative estimate of drug-likeness (QED) is 0.253. The number of esters is 1. The Morgan fingerprint density at radius 3 is 2.16 bits per heavy atom. The van der Waals surface area contributed by atoms with E-state index in [0.717, 1.165) is 37.1 Å². The predicted molar refractivity (Wildman–Crippen MR) is 196 cm³/mol. The molecule has 5 aliphatic rings. The lowest BCUT2D eigenvalue weighted by molar-refractivity contribution is -0.199. The zero-order chi connectivity index (χ0) is 36.9. The van der Waals surface area contributed by atoms with E-state index in [9.17, 15) is 14.4 Å². The summed E-state index contributed by atoms with van der Waals surface area (Å²) in [5, 5.41) is 3.28. The zero-order valence-electron chi connectivity index (χ0n) is 31.9. The summed E-state index contributed by atoms with van der Waals surface area (Å²) in [6, 6.07) is 15.1. The molecule has 276 valence electrons. The first-order valence-corrected chi connectivity index (χ1v) is 18.6. The lowest BCUT2D eigenvalue weighted by Gasteiger charge is -2.64. The van der Waals surface area contributed by atoms with E-state index >= 15 is 0 Å². The van der Waals surface area contributed by atoms with E-state index < -0.39 is 29.9 Å². The molecule has 2 bridgehead atoms. The summed E-state index contributed by atoms with van der Waals surface area (Å²) in [5.74, 6) is -0.116. The van der Waals surface area contributed by atoms with Gasteiger partial charge in [0, 0.05) is 38.3 Å². The number of benzene rings is 2. The fourth-order valence-corrected chi connectivity index (χ4v) is 8.44. The summed E-state index contributed by atoms with van der Waals surface area (Å²) in [7, 11) is -0.645. The van der Waals surface area contributed by atoms with Gasteiger partial charge in [0.15, 0.2) is 0 Å². The van der Waals surface area contributed by atoms with Gasteiger partial charge >= 0.3 is 19.2 Å². The van der Waals surface area contributed by atoms with Gasteiger partial charge in [-0.05, 0) is 120 Å². The third kappa shape index (κ3) is 8.31. The van der Waals surface area contributed by atoms with Crippen LogP contribution in [-0.2, 0) is 31.7 Å². The molecule has 2 saturated heterocycles. The molecule has 5 atom stereocenters. The van der Waals surface area contributed by atoms with Crippen molar-refractivity contribution in [2.45, 2.75) is 117 Å². The zero-order valence-corrected chi connectivity index (χ0v) is 31.9. The molecule has 5 fully saturated rings. The van der Waals surface area contributed by atoms with Crippen LogP contribution in [0.4, 0.5) is 4.79 Å². The Labute approximate surface area is 304 Å². The van der Waals surface area contributed by atoms with Gasteiger partial charge in [-0.3, -0.25) is 9.69 Å². The van der Waals surface area contributed by atoms with Crippen LogP contribution in [0.3, 0.4) is 0 Å². The largest absolute Gasteiger partial charge is 0.482 e. The second-order valence-corrected chi connectivity index (χ2v) is 17.8. The molecule has 3 aliphatic carbocycles. The smallest absolute Gasteiger partial charge is 0.456 e. The van der Waals surface area contributed by atoms with E-state index in [-0.39, 0.29) is 29.5 Å². The summed E-state index contributed by atoms with van der Waals surface area (Å²) >= 11 is 0. The minimum Gasteiger partial charge on any atom is -0.456 e. The molecular weight excluding hydrogens is 645 g/mol. The number of nitrogens with one attached hydrogen (secondary N) is 1. The van der Waals surface area contributed by atoms with Crippen LogP contribution in [0.5, 0.6) is 0 Å². The normalized spacial score (nSPS) is 26.5. The van der Waals surface area contributed by atoms with Gasteiger partial charge in [-0.2, -0.15) is 0 Å². The van der Waals surface area contributed by atoms with Gasteiger partial charge < -0.3 is 29.0 Å². The Hall–Kier alpha value is -3.41. The Kier molecular flexibility index (Phi) is 10.2. The van der Waals surface area contributed by atoms with Crippen LogP contribution in [0.1, 0.15) is 107 Å². The molecule has 2 aliphatic heterocycles. The minimum absolute atomic E-state index is 0.0362. The first-order chi connectivity index (χ1) is 23.8. The minimum atomic E-state index is -0.645. The number of rotatable bonds is 8. The number of carbonyl (C=O) groups excluding carboxylic acids is 3. The second kappa shape index (κ2) is 13.9. The molecule has 10 nitrogen and oxygen atoms in total. The monoisotopic (exact) mass is 701 g/mol. The van der Waals surface area contributed by atoms with Gasteiger partial charge in [0.2, 0.25) is 0 Å². The van der Waals surface area contributed by atoms with Gasteiger partial charge in [-0.15, -0.1) is 0 Å². The van der Waals surface area contributed by atoms with Crippen molar-refractivity contribution in [1.82, 2.24) is 15.1 Å². The highest BCUT2D eigenvalue weighted by Crippen LogP contribution is 2.65. The highest BCUT2D eigenvalue weighted by molar-refractivity contribution is 6.48. The summed E-state index contributed by atoms with van der Waals surface area (Å²) in [4.78, 5) is 43.5. The van der Waals surface area contributed by atoms with Crippen molar-refractivity contribution in [3.63, 3.8) is 0 Å². The van der Waals surface area contributed by atoms with Gasteiger partial charge in [0.05, 0.1) is 23.2 Å². The molecule has 7 rings (SSSR count). The van der Waals surface area contributed by atoms with Crippen LogP contribution in [-0.4, -0.2) is 89.9 Å². The number of amides is 2. The van der Waals surface area contributed by atoms with E-state index in [1.807, 2.05) is 84.0 Å². The van der Waals surface area contributed by atoms with Crippen molar-refractivity contribution in [3.8, 4) is 0 Å². The molecule has 0 spiro atoms. The van der Waals surface area contributed by atoms with Gasteiger partial charge in [-0.1, -0.05) is 38.1 Å². The van der Waals surface area contributed by atoms with Crippen LogP contribution in [0.25, 0.3) is 0 Å². The second-order valence-electron chi connectivity index (χ2n) is 17.8. The molecule has 51 heavy (non-hydrogen) atoms. The van der Waals surface area contributed by atoms with E-state index in [1.54, 1.807) is 11.0 Å². The van der Waals surface area contributed by atoms with Gasteiger partial charge in [0.1, 0.15) is 11.2 Å². The highest BCUT2D eigenvalue weighted by Gasteiger charge is 2.68. The predicted octanol–water partition coefficient (Wildman–Crippen LogP) is 6.30. The maximum atomic E-state index is 14.0. The van der Waals surface area contributed by atoms with Crippen LogP contribution in [0.2, 0.25) is 0 Å². The molecule has 2 aromatic rings. The van der Waals surface area contributed by atoms with Crippen LogP contribution in [0, 0.1) is 17.3 Å². The molecule has 5 unspecified atom stereocenters. The lowest BCUT2D eigenvalue weighted by Crippen LogP contribution is -2.65. The van der Waals surface area contributed by atoms with Crippen molar-refractivity contribution in [1.29, 1.82) is 0 Å². The maximum Gasteiger partial charge on any atom is 0.482 e. The number of hydrogen-bond donors (Lipinski definition) is 1. The Morgan fingerprint density at radius 2 is 1.51 bits per heavy atom. The topological polar surface area (TPSA) is 107 Å². The molecule has 11 heteroatoms. The van der Waals surface area contributed by atoms with E-state index in [2.05, 4.69) is 31.0 Å². The fourth-order valence-electron chi connectivity index (χ4n) is 8.44. The third-order valence-electron chi connectivity index (χ3n) is 11.3. The third-order valence-corrected chi connectivity index (χ3v) is 11.3. The van der Waals surface area contributed by atoms with E-state index in [4.69, 9.17) is 18.8 Å². The van der Waals surface area contributed by atoms with Crippen LogP contribution in [0.15, 0.2) is 48.5 Å². The average molecular weight is 702 g/mol. The number of ether oxygens (including phenoxy) is 2. The van der Waals surface area contributed by atoms with Gasteiger partial charge in [-0.25, -0.2) is 9.59 Å². The van der Waals surface area contributed by atoms with Crippen molar-refractivity contribution in [3.05, 3.63) is 70.8 Å². The van der Waals surface area contributed by atoms with E-state index in [1.165, 1.54) is 0 Å². The Morgan fingerprint density at radius 1 is 0.882 bits per heavy atom. The van der Waals surface area contributed by atoms with Crippen molar-refractivity contribution < 1.29 is 33.2 Å². The number of piperazine rings is 1. The Bertz CT molecular complexity index is 1630. The summed E-state index contributed by atoms with van der Waals surface area (Å²) in [5.41, 5.74) is 1.52. The van der Waals surface area contributed by atoms with E-state index in [0.29, 0.717) is 49.0 Å². The molecule has 0 radical (unpaired) electrons. The first-order valence-electron chi connectivity index (χ1n) is 18.6. The number of nitrogens with zero attached hydrogens (tertiary/aromatic N) is 2. The van der Waals surface area contributed by atoms with Crippen LogP contribution < -0.4 is 5.32 Å². The van der Waals surface area contributed by atoms with Gasteiger partial charge in [0.25, 0.3) is 5.91 Å². The number of hydrogen-bond acceptors (Lipinski definition) is 8.